The Morgan fingerprint density at radius 2 is 0.827 bits per heavy atom. The second-order valence-electron chi connectivity index (χ2n) is 15.3. The molecule has 0 spiro atoms. The molecule has 0 saturated heterocycles. The number of phosphoric acid groups is 1. The van der Waals surface area contributed by atoms with Crippen molar-refractivity contribution < 1.29 is 28.0 Å². The molecule has 1 aromatic carbocycles. The molecule has 7 heteroatoms. The first-order valence-electron chi connectivity index (χ1n) is 22.5. The van der Waals surface area contributed by atoms with Crippen LogP contribution < -0.4 is 4.52 Å². The topological polar surface area (TPSA) is 74.2 Å². The number of ether oxygens (including phenoxy) is 2. The molecule has 0 aliphatic heterocycles. The summed E-state index contributed by atoms with van der Waals surface area (Å²) in [6.07, 6.45) is 42.5. The van der Waals surface area contributed by atoms with E-state index in [4.69, 9.17) is 18.5 Å². The molecule has 6 nitrogen and oxygen atoms in total. The number of phosphoric ester groups is 1. The monoisotopic (exact) mass is 753 g/mol. The van der Waals surface area contributed by atoms with Gasteiger partial charge in [0, 0.05) is 13.2 Å². The van der Waals surface area contributed by atoms with Crippen molar-refractivity contribution in [1.82, 2.24) is 0 Å². The van der Waals surface area contributed by atoms with E-state index in [0.717, 1.165) is 19.3 Å². The fourth-order valence-corrected chi connectivity index (χ4v) is 7.63. The van der Waals surface area contributed by atoms with E-state index in [0.29, 0.717) is 25.6 Å². The third kappa shape index (κ3) is 34.8. The predicted molar refractivity (Wildman–Crippen MR) is 222 cm³/mol. The van der Waals surface area contributed by atoms with Crippen LogP contribution in [0.2, 0.25) is 0 Å². The summed E-state index contributed by atoms with van der Waals surface area (Å²) in [6, 6.07) is 8.62. The van der Waals surface area contributed by atoms with Gasteiger partial charge in [0.2, 0.25) is 0 Å². The van der Waals surface area contributed by atoms with E-state index in [9.17, 15) is 9.46 Å². The highest BCUT2D eigenvalue weighted by atomic mass is 31.2. The molecular weight excluding hydrogens is 667 g/mol. The van der Waals surface area contributed by atoms with Crippen molar-refractivity contribution in [3.05, 3.63) is 30.3 Å². The van der Waals surface area contributed by atoms with Gasteiger partial charge in [-0.15, -0.1) is 0 Å². The molecular formula is C45H85O6P. The molecule has 0 aromatic heterocycles. The quantitative estimate of drug-likeness (QED) is 0.0529. The Bertz CT molecular complexity index is 884. The lowest BCUT2D eigenvalue weighted by Gasteiger charge is -2.20. The van der Waals surface area contributed by atoms with Crippen molar-refractivity contribution >= 4 is 7.82 Å². The van der Waals surface area contributed by atoms with Crippen LogP contribution in [0.4, 0.5) is 0 Å². The zero-order valence-corrected chi connectivity index (χ0v) is 35.3. The van der Waals surface area contributed by atoms with Crippen molar-refractivity contribution in [3.8, 4) is 5.75 Å². The lowest BCUT2D eigenvalue weighted by molar-refractivity contribution is -0.0426. The molecule has 0 aliphatic rings. The Hall–Kier alpha value is -0.910. The van der Waals surface area contributed by atoms with Gasteiger partial charge in [0.05, 0.1) is 13.2 Å². The summed E-state index contributed by atoms with van der Waals surface area (Å²) in [5.41, 5.74) is 0. The first-order valence-corrected chi connectivity index (χ1v) is 24.0. The number of unbranched alkanes of at least 4 members (excludes halogenated alkanes) is 30. The van der Waals surface area contributed by atoms with Gasteiger partial charge in [-0.2, -0.15) is 0 Å². The first kappa shape index (κ1) is 49.1. The second kappa shape index (κ2) is 38.4. The summed E-state index contributed by atoms with van der Waals surface area (Å²) in [7, 11) is -4.26. The van der Waals surface area contributed by atoms with Gasteiger partial charge in [0.15, 0.2) is 0 Å². The van der Waals surface area contributed by atoms with Gasteiger partial charge in [-0.25, -0.2) is 4.57 Å². The van der Waals surface area contributed by atoms with Gasteiger partial charge in [-0.1, -0.05) is 225 Å². The minimum absolute atomic E-state index is 0.0432. The van der Waals surface area contributed by atoms with Crippen LogP contribution in [-0.2, 0) is 18.6 Å². The summed E-state index contributed by atoms with van der Waals surface area (Å²) in [5, 5.41) is 0. The van der Waals surface area contributed by atoms with Crippen molar-refractivity contribution in [2.24, 2.45) is 0 Å². The molecule has 0 heterocycles. The van der Waals surface area contributed by atoms with Crippen LogP contribution in [0.5, 0.6) is 5.75 Å². The number of rotatable bonds is 42. The van der Waals surface area contributed by atoms with E-state index < -0.39 is 13.9 Å². The molecule has 0 radical (unpaired) electrons. The van der Waals surface area contributed by atoms with Crippen molar-refractivity contribution in [3.63, 3.8) is 0 Å². The van der Waals surface area contributed by atoms with Crippen molar-refractivity contribution in [1.29, 1.82) is 0 Å². The smallest absolute Gasteiger partial charge is 0.404 e. The maximum atomic E-state index is 12.6. The molecule has 52 heavy (non-hydrogen) atoms. The van der Waals surface area contributed by atoms with E-state index in [-0.39, 0.29) is 6.61 Å². The molecule has 1 aromatic rings. The van der Waals surface area contributed by atoms with Gasteiger partial charge in [0.1, 0.15) is 11.9 Å². The lowest BCUT2D eigenvalue weighted by atomic mass is 10.0. The van der Waals surface area contributed by atoms with Gasteiger partial charge in [-0.3, -0.25) is 9.42 Å². The fourth-order valence-electron chi connectivity index (χ4n) is 6.83. The van der Waals surface area contributed by atoms with Crippen LogP contribution in [0.25, 0.3) is 0 Å². The van der Waals surface area contributed by atoms with Crippen molar-refractivity contribution in [2.45, 2.75) is 225 Å². The summed E-state index contributed by atoms with van der Waals surface area (Å²) in [6.45, 7) is 6.15. The number of hydrogen-bond acceptors (Lipinski definition) is 5. The zero-order chi connectivity index (χ0) is 37.5. The molecule has 2 atom stereocenters. The molecule has 0 fully saturated rings. The normalized spacial score (nSPS) is 13.4. The minimum atomic E-state index is -4.26. The number of benzene rings is 1. The largest absolute Gasteiger partial charge is 0.527 e. The highest BCUT2D eigenvalue weighted by Crippen LogP contribution is 2.43. The maximum absolute atomic E-state index is 12.6. The SMILES string of the molecule is CCCCCCCCCCCCCCCCCCOC[C@H](COP(=O)(O)Oc1ccccc1)OCCCCCCCCCCCCCCCCCC. The summed E-state index contributed by atoms with van der Waals surface area (Å²) in [5.74, 6) is 0.304. The van der Waals surface area contributed by atoms with Gasteiger partial charge >= 0.3 is 7.82 Å². The Labute approximate surface area is 322 Å². The summed E-state index contributed by atoms with van der Waals surface area (Å²) >= 11 is 0. The number of hydrogen-bond donors (Lipinski definition) is 1. The van der Waals surface area contributed by atoms with Crippen molar-refractivity contribution in [2.75, 3.05) is 26.4 Å². The summed E-state index contributed by atoms with van der Waals surface area (Å²) < 4.78 is 35.2. The average molecular weight is 753 g/mol. The average Bonchev–Trinajstić information content (AvgIpc) is 3.14. The molecule has 0 amide bonds. The van der Waals surface area contributed by atoms with E-state index in [2.05, 4.69) is 13.8 Å². The van der Waals surface area contributed by atoms with Crippen LogP contribution in [0.3, 0.4) is 0 Å². The Balaban J connectivity index is 2.13. The van der Waals surface area contributed by atoms with Crippen LogP contribution in [0.1, 0.15) is 219 Å². The molecule has 306 valence electrons. The molecule has 1 rings (SSSR count). The van der Waals surface area contributed by atoms with E-state index in [1.54, 1.807) is 24.3 Å². The van der Waals surface area contributed by atoms with Crippen LogP contribution in [0.15, 0.2) is 30.3 Å². The molecule has 0 bridgehead atoms. The predicted octanol–water partition coefficient (Wildman–Crippen LogP) is 15.1. The zero-order valence-electron chi connectivity index (χ0n) is 34.4. The fraction of sp³-hybridized carbons (Fsp3) is 0.867. The molecule has 0 saturated carbocycles. The van der Waals surface area contributed by atoms with Crippen LogP contribution in [0, 0.1) is 0 Å². The van der Waals surface area contributed by atoms with E-state index in [1.165, 1.54) is 186 Å². The van der Waals surface area contributed by atoms with Gasteiger partial charge in [-0.05, 0) is 25.0 Å². The van der Waals surface area contributed by atoms with Crippen LogP contribution in [-0.4, -0.2) is 37.4 Å². The highest BCUT2D eigenvalue weighted by molar-refractivity contribution is 7.47. The minimum Gasteiger partial charge on any atom is -0.404 e. The van der Waals surface area contributed by atoms with Crippen LogP contribution >= 0.6 is 7.82 Å². The lowest BCUT2D eigenvalue weighted by Crippen LogP contribution is -2.26. The second-order valence-corrected chi connectivity index (χ2v) is 16.7. The Morgan fingerprint density at radius 3 is 1.21 bits per heavy atom. The molecule has 0 aliphatic carbocycles. The standard InChI is InChI=1S/C45H85O6P/c1-3-5-7-9-11-13-15-17-19-21-23-25-27-29-31-36-40-48-42-45(43-50-52(46,47)51-44-38-34-33-35-39-44)49-41-37-32-30-28-26-24-22-20-18-16-14-12-10-8-6-4-2/h33-35,38-39,45H,3-32,36-37,40-43H2,1-2H3,(H,46,47)/t45-/m1/s1. The first-order chi connectivity index (χ1) is 25.6. The third-order valence-electron chi connectivity index (χ3n) is 10.2. The van der Waals surface area contributed by atoms with Gasteiger partial charge < -0.3 is 14.0 Å². The molecule has 1 unspecified atom stereocenters. The summed E-state index contributed by atoms with van der Waals surface area (Å²) in [4.78, 5) is 10.3. The van der Waals surface area contributed by atoms with E-state index in [1.807, 2.05) is 6.07 Å². The Morgan fingerprint density at radius 1 is 0.481 bits per heavy atom. The third-order valence-corrected chi connectivity index (χ3v) is 11.1. The number of para-hydroxylation sites is 1. The Kier molecular flexibility index (Phi) is 36.2. The molecule has 1 N–H and O–H groups in total. The maximum Gasteiger partial charge on any atom is 0.527 e. The van der Waals surface area contributed by atoms with E-state index >= 15 is 0 Å². The van der Waals surface area contributed by atoms with Gasteiger partial charge in [0.25, 0.3) is 0 Å². The highest BCUT2D eigenvalue weighted by Gasteiger charge is 2.25.